The summed E-state index contributed by atoms with van der Waals surface area (Å²) in [7, 11) is 0. The van der Waals surface area contributed by atoms with Crippen LogP contribution >= 0.6 is 0 Å². The number of nitrogens with zero attached hydrogens (tertiary/aromatic N) is 2. The number of benzene rings is 2. The molecule has 2 aromatic rings. The summed E-state index contributed by atoms with van der Waals surface area (Å²) in [4.78, 5) is 40.6. The van der Waals surface area contributed by atoms with Gasteiger partial charge in [-0.2, -0.15) is 0 Å². The number of rotatable bonds is 5. The second kappa shape index (κ2) is 9.52. The number of carbonyl (C=O) groups excluding carboxylic acids is 3. The second-order valence-electron chi connectivity index (χ2n) is 10.5. The fourth-order valence-electron chi connectivity index (χ4n) is 6.25. The molecular formula is C28H29F2N3O4. The number of hydrogen-bond acceptors (Lipinski definition) is 5. The van der Waals surface area contributed by atoms with Crippen LogP contribution in [0.1, 0.15) is 65.9 Å². The Morgan fingerprint density at radius 2 is 1.78 bits per heavy atom. The lowest BCUT2D eigenvalue weighted by Crippen LogP contribution is -2.57. The Labute approximate surface area is 213 Å². The largest absolute Gasteiger partial charge is 0.489 e. The van der Waals surface area contributed by atoms with Gasteiger partial charge in [-0.25, -0.2) is 8.78 Å². The SMILES string of the molecule is O=C1CCC(N2Cc3cc(O[C@H]4CCCC[C@@H]4N4CC(c5cccc(F)c5F)C4)ccc3C2=O)C(=O)N1. The molecule has 3 fully saturated rings. The molecule has 1 unspecified atom stereocenters. The van der Waals surface area contributed by atoms with Crippen LogP contribution in [0.3, 0.4) is 0 Å². The highest BCUT2D eigenvalue weighted by molar-refractivity contribution is 6.05. The first-order chi connectivity index (χ1) is 17.9. The third-order valence-corrected chi connectivity index (χ3v) is 8.25. The summed E-state index contributed by atoms with van der Waals surface area (Å²) in [6, 6.07) is 9.35. The number of amides is 3. The average molecular weight is 510 g/mol. The lowest BCUT2D eigenvalue weighted by atomic mass is 9.84. The molecule has 1 N–H and O–H groups in total. The van der Waals surface area contributed by atoms with Gasteiger partial charge in [0.1, 0.15) is 17.9 Å². The van der Waals surface area contributed by atoms with Gasteiger partial charge in [0.2, 0.25) is 11.8 Å². The van der Waals surface area contributed by atoms with Gasteiger partial charge in [-0.05, 0) is 61.1 Å². The number of piperidine rings is 1. The Hall–Kier alpha value is -3.33. The molecule has 6 rings (SSSR count). The summed E-state index contributed by atoms with van der Waals surface area (Å²) in [5.41, 5.74) is 1.80. The van der Waals surface area contributed by atoms with Crippen molar-refractivity contribution in [3.05, 3.63) is 64.7 Å². The summed E-state index contributed by atoms with van der Waals surface area (Å²) < 4.78 is 34.4. The third kappa shape index (κ3) is 4.39. The van der Waals surface area contributed by atoms with Crippen LogP contribution in [0.4, 0.5) is 8.78 Å². The van der Waals surface area contributed by atoms with Gasteiger partial charge >= 0.3 is 0 Å². The molecule has 0 radical (unpaired) electrons. The molecule has 3 heterocycles. The van der Waals surface area contributed by atoms with E-state index in [1.807, 2.05) is 6.07 Å². The first kappa shape index (κ1) is 24.0. The topological polar surface area (TPSA) is 79.0 Å². The monoisotopic (exact) mass is 509 g/mol. The van der Waals surface area contributed by atoms with Gasteiger partial charge in [-0.1, -0.05) is 18.6 Å². The third-order valence-electron chi connectivity index (χ3n) is 8.25. The van der Waals surface area contributed by atoms with E-state index in [4.69, 9.17) is 4.74 Å². The molecule has 2 aromatic carbocycles. The molecule has 7 nitrogen and oxygen atoms in total. The van der Waals surface area contributed by atoms with Crippen molar-refractivity contribution in [2.45, 2.75) is 69.2 Å². The van der Waals surface area contributed by atoms with E-state index in [-0.39, 0.29) is 36.3 Å². The van der Waals surface area contributed by atoms with Crippen LogP contribution in [0.15, 0.2) is 36.4 Å². The summed E-state index contributed by atoms with van der Waals surface area (Å²) in [5, 5.41) is 2.32. The van der Waals surface area contributed by atoms with Gasteiger partial charge in [-0.3, -0.25) is 24.6 Å². The maximum absolute atomic E-state index is 14.2. The van der Waals surface area contributed by atoms with Gasteiger partial charge in [0, 0.05) is 43.6 Å². The number of imide groups is 1. The lowest BCUT2D eigenvalue weighted by molar-refractivity contribution is -0.136. The van der Waals surface area contributed by atoms with E-state index in [1.54, 1.807) is 24.3 Å². The van der Waals surface area contributed by atoms with Crippen LogP contribution in [-0.4, -0.2) is 58.8 Å². The first-order valence-electron chi connectivity index (χ1n) is 13.0. The quantitative estimate of drug-likeness (QED) is 0.625. The first-order valence-corrected chi connectivity index (χ1v) is 13.0. The highest BCUT2D eigenvalue weighted by atomic mass is 19.2. The van der Waals surface area contributed by atoms with E-state index in [0.29, 0.717) is 42.9 Å². The standard InChI is InChI=1S/C28H29F2N3O4/c29-21-5-3-4-19(26(21)30)17-13-32(14-17)22-6-1-2-7-24(22)37-18-8-9-20-16(12-18)15-33(28(20)36)23-10-11-25(34)31-27(23)35/h3-5,8-9,12,17,22-24H,1-2,6-7,10-11,13-15H2,(H,31,34,35)/t22-,23?,24-/m0/s1. The number of likely N-dealkylation sites (tertiary alicyclic amines) is 1. The summed E-state index contributed by atoms with van der Waals surface area (Å²) in [6.45, 7) is 1.65. The number of ether oxygens (including phenoxy) is 1. The molecule has 3 atom stereocenters. The Bertz CT molecular complexity index is 1260. The van der Waals surface area contributed by atoms with Crippen LogP contribution in [0.2, 0.25) is 0 Å². The minimum Gasteiger partial charge on any atom is -0.489 e. The van der Waals surface area contributed by atoms with E-state index in [2.05, 4.69) is 10.2 Å². The van der Waals surface area contributed by atoms with Gasteiger partial charge in [0.05, 0.1) is 0 Å². The molecule has 4 aliphatic rings. The van der Waals surface area contributed by atoms with E-state index < -0.39 is 23.6 Å². The molecule has 0 aromatic heterocycles. The maximum Gasteiger partial charge on any atom is 0.255 e. The number of hydrogen-bond donors (Lipinski definition) is 1. The number of nitrogens with one attached hydrogen (secondary N) is 1. The van der Waals surface area contributed by atoms with Crippen molar-refractivity contribution in [1.29, 1.82) is 0 Å². The molecule has 0 spiro atoms. The van der Waals surface area contributed by atoms with Gasteiger partial charge in [-0.15, -0.1) is 0 Å². The lowest BCUT2D eigenvalue weighted by Gasteiger charge is -2.48. The Morgan fingerprint density at radius 3 is 2.59 bits per heavy atom. The molecule has 2 saturated heterocycles. The van der Waals surface area contributed by atoms with E-state index in [0.717, 1.165) is 37.3 Å². The van der Waals surface area contributed by atoms with E-state index >= 15 is 0 Å². The maximum atomic E-state index is 14.2. The number of fused-ring (bicyclic) bond motifs is 1. The second-order valence-corrected chi connectivity index (χ2v) is 10.5. The molecule has 1 aliphatic carbocycles. The predicted molar refractivity (Wildman–Crippen MR) is 130 cm³/mol. The highest BCUT2D eigenvalue weighted by Gasteiger charge is 2.41. The molecule has 1 saturated carbocycles. The molecule has 3 amide bonds. The number of carbonyl (C=O) groups is 3. The minimum absolute atomic E-state index is 0.0254. The van der Waals surface area contributed by atoms with Crippen molar-refractivity contribution in [3.8, 4) is 5.75 Å². The fraction of sp³-hybridized carbons (Fsp3) is 0.464. The van der Waals surface area contributed by atoms with E-state index in [9.17, 15) is 23.2 Å². The normalized spacial score (nSPS) is 26.6. The molecule has 3 aliphatic heterocycles. The van der Waals surface area contributed by atoms with Crippen molar-refractivity contribution in [1.82, 2.24) is 15.1 Å². The molecule has 0 bridgehead atoms. The van der Waals surface area contributed by atoms with Gasteiger partial charge in [0.15, 0.2) is 11.6 Å². The van der Waals surface area contributed by atoms with Crippen molar-refractivity contribution in [2.24, 2.45) is 0 Å². The Kier molecular flexibility index (Phi) is 6.18. The predicted octanol–water partition coefficient (Wildman–Crippen LogP) is 3.52. The van der Waals surface area contributed by atoms with E-state index in [1.165, 1.54) is 4.90 Å². The fourth-order valence-corrected chi connectivity index (χ4v) is 6.25. The Balaban J connectivity index is 1.12. The zero-order chi connectivity index (χ0) is 25.7. The van der Waals surface area contributed by atoms with Crippen molar-refractivity contribution in [3.63, 3.8) is 0 Å². The zero-order valence-corrected chi connectivity index (χ0v) is 20.4. The van der Waals surface area contributed by atoms with Gasteiger partial charge in [0.25, 0.3) is 5.91 Å². The van der Waals surface area contributed by atoms with Crippen LogP contribution in [0.5, 0.6) is 5.75 Å². The Morgan fingerprint density at radius 1 is 0.973 bits per heavy atom. The molecule has 9 heteroatoms. The van der Waals surface area contributed by atoms with Crippen LogP contribution < -0.4 is 10.1 Å². The minimum atomic E-state index is -0.805. The van der Waals surface area contributed by atoms with Crippen molar-refractivity contribution >= 4 is 17.7 Å². The van der Waals surface area contributed by atoms with Crippen molar-refractivity contribution in [2.75, 3.05) is 13.1 Å². The summed E-state index contributed by atoms with van der Waals surface area (Å²) in [5.74, 6) is -1.83. The summed E-state index contributed by atoms with van der Waals surface area (Å²) in [6.07, 6.45) is 4.55. The van der Waals surface area contributed by atoms with Crippen LogP contribution in [-0.2, 0) is 16.1 Å². The summed E-state index contributed by atoms with van der Waals surface area (Å²) >= 11 is 0. The average Bonchev–Trinajstić information content (AvgIpc) is 3.17. The highest BCUT2D eigenvalue weighted by Crippen LogP contribution is 2.37. The zero-order valence-electron chi connectivity index (χ0n) is 20.4. The molecule has 37 heavy (non-hydrogen) atoms. The van der Waals surface area contributed by atoms with Gasteiger partial charge < -0.3 is 9.64 Å². The van der Waals surface area contributed by atoms with Crippen LogP contribution in [0, 0.1) is 11.6 Å². The van der Waals surface area contributed by atoms with Crippen LogP contribution in [0.25, 0.3) is 0 Å². The van der Waals surface area contributed by atoms with Crippen molar-refractivity contribution < 1.29 is 27.9 Å². The molecule has 194 valence electrons. The molecular weight excluding hydrogens is 480 g/mol. The number of halogens is 2. The smallest absolute Gasteiger partial charge is 0.255 e.